The summed E-state index contributed by atoms with van der Waals surface area (Å²) in [5.41, 5.74) is 4.24. The van der Waals surface area contributed by atoms with Crippen molar-refractivity contribution in [3.63, 3.8) is 0 Å². The number of aromatic amines is 1. The summed E-state index contributed by atoms with van der Waals surface area (Å²) in [4.78, 5) is 4.65. The Hall–Kier alpha value is -1.64. The van der Waals surface area contributed by atoms with Crippen LogP contribution in [0, 0.1) is 0 Å². The fourth-order valence-corrected chi connectivity index (χ4v) is 1.85. The van der Waals surface area contributed by atoms with Crippen LogP contribution in [-0.2, 0) is 11.8 Å². The third-order valence-corrected chi connectivity index (χ3v) is 2.96. The van der Waals surface area contributed by atoms with Crippen molar-refractivity contribution in [3.05, 3.63) is 35.7 Å². The first-order valence-electron chi connectivity index (χ1n) is 6.53. The van der Waals surface area contributed by atoms with Gasteiger partial charge in [0.15, 0.2) is 0 Å². The Bertz CT molecular complexity index is 521. The van der Waals surface area contributed by atoms with E-state index in [1.165, 1.54) is 0 Å². The molecule has 2 aromatic heterocycles. The van der Waals surface area contributed by atoms with Crippen LogP contribution in [0.2, 0.25) is 0 Å². The number of nitrogens with one attached hydrogen (secondary N) is 1. The molecule has 2 rings (SSSR count). The van der Waals surface area contributed by atoms with Crippen molar-refractivity contribution in [2.75, 3.05) is 0 Å². The molecular weight excluding hydrogens is 222 g/mol. The minimum absolute atomic E-state index is 0.0896. The van der Waals surface area contributed by atoms with Crippen molar-refractivity contribution in [2.45, 2.75) is 46.0 Å². The Morgan fingerprint density at radius 2 is 1.94 bits per heavy atom. The Balaban J connectivity index is 2.31. The highest BCUT2D eigenvalue weighted by Gasteiger charge is 2.17. The average Bonchev–Trinajstić information content (AvgIpc) is 2.78. The van der Waals surface area contributed by atoms with E-state index in [1.807, 2.05) is 6.07 Å². The summed E-state index contributed by atoms with van der Waals surface area (Å²) in [6.07, 6.45) is 2.13. The van der Waals surface area contributed by atoms with Crippen molar-refractivity contribution in [2.24, 2.45) is 0 Å². The topological polar surface area (TPSA) is 41.6 Å². The van der Waals surface area contributed by atoms with E-state index in [9.17, 15) is 0 Å². The van der Waals surface area contributed by atoms with Crippen LogP contribution in [0.5, 0.6) is 0 Å². The zero-order valence-corrected chi connectivity index (χ0v) is 11.6. The fourth-order valence-electron chi connectivity index (χ4n) is 1.85. The van der Waals surface area contributed by atoms with Gasteiger partial charge in [-0.1, -0.05) is 40.2 Å². The Morgan fingerprint density at radius 1 is 1.17 bits per heavy atom. The monoisotopic (exact) mass is 243 g/mol. The van der Waals surface area contributed by atoms with Crippen LogP contribution in [0.1, 0.15) is 45.5 Å². The minimum Gasteiger partial charge on any atom is -0.281 e. The zero-order valence-electron chi connectivity index (χ0n) is 11.6. The molecule has 0 saturated carbocycles. The van der Waals surface area contributed by atoms with Crippen LogP contribution < -0.4 is 0 Å². The molecule has 0 aromatic carbocycles. The molecule has 0 saturated heterocycles. The molecule has 0 atom stereocenters. The van der Waals surface area contributed by atoms with Crippen LogP contribution in [0.3, 0.4) is 0 Å². The van der Waals surface area contributed by atoms with E-state index in [0.29, 0.717) is 0 Å². The van der Waals surface area contributed by atoms with Crippen molar-refractivity contribution in [3.8, 4) is 11.4 Å². The lowest BCUT2D eigenvalue weighted by molar-refractivity contribution is 0.567. The molecule has 0 aliphatic rings. The molecule has 0 radical (unpaired) electrons. The van der Waals surface area contributed by atoms with E-state index >= 15 is 0 Å². The van der Waals surface area contributed by atoms with Crippen LogP contribution in [0.15, 0.2) is 24.3 Å². The van der Waals surface area contributed by atoms with E-state index in [2.05, 4.69) is 61.1 Å². The number of nitrogens with zero attached hydrogens (tertiary/aromatic N) is 2. The summed E-state index contributed by atoms with van der Waals surface area (Å²) in [5.74, 6) is 0. The number of rotatable bonds is 3. The third-order valence-electron chi connectivity index (χ3n) is 2.96. The van der Waals surface area contributed by atoms with Crippen molar-refractivity contribution in [1.29, 1.82) is 0 Å². The standard InChI is InChI=1S/C15H21N3/c1-5-7-11-8-6-9-12(16-11)13-10-14(18-17-13)15(2,3)4/h6,8-10H,5,7H2,1-4H3,(H,17,18). The van der Waals surface area contributed by atoms with E-state index < -0.39 is 0 Å². The molecule has 1 N–H and O–H groups in total. The maximum Gasteiger partial charge on any atom is 0.111 e. The van der Waals surface area contributed by atoms with E-state index in [0.717, 1.165) is 35.6 Å². The lowest BCUT2D eigenvalue weighted by Gasteiger charge is -2.14. The van der Waals surface area contributed by atoms with Gasteiger partial charge < -0.3 is 0 Å². The first-order chi connectivity index (χ1) is 8.50. The van der Waals surface area contributed by atoms with Crippen LogP contribution >= 0.6 is 0 Å². The van der Waals surface area contributed by atoms with Gasteiger partial charge in [0, 0.05) is 16.8 Å². The molecule has 0 aliphatic heterocycles. The molecule has 2 heterocycles. The average molecular weight is 243 g/mol. The molecule has 3 nitrogen and oxygen atoms in total. The molecule has 0 spiro atoms. The molecule has 96 valence electrons. The largest absolute Gasteiger partial charge is 0.281 e. The number of aromatic nitrogens is 3. The fraction of sp³-hybridized carbons (Fsp3) is 0.467. The van der Waals surface area contributed by atoms with Gasteiger partial charge >= 0.3 is 0 Å². The number of hydrogen-bond donors (Lipinski definition) is 1. The Morgan fingerprint density at radius 3 is 2.56 bits per heavy atom. The number of aryl methyl sites for hydroxylation is 1. The second kappa shape index (κ2) is 4.92. The maximum atomic E-state index is 4.65. The van der Waals surface area contributed by atoms with E-state index in [-0.39, 0.29) is 5.41 Å². The van der Waals surface area contributed by atoms with Crippen LogP contribution in [0.4, 0.5) is 0 Å². The summed E-state index contributed by atoms with van der Waals surface area (Å²) < 4.78 is 0. The summed E-state index contributed by atoms with van der Waals surface area (Å²) in [6.45, 7) is 8.68. The Labute approximate surface area is 109 Å². The van der Waals surface area contributed by atoms with Gasteiger partial charge in [0.05, 0.1) is 5.69 Å². The molecule has 0 unspecified atom stereocenters. The van der Waals surface area contributed by atoms with E-state index in [4.69, 9.17) is 0 Å². The van der Waals surface area contributed by atoms with Crippen LogP contribution in [-0.4, -0.2) is 15.2 Å². The lowest BCUT2D eigenvalue weighted by atomic mass is 9.92. The second-order valence-corrected chi connectivity index (χ2v) is 5.68. The predicted molar refractivity (Wildman–Crippen MR) is 74.5 cm³/mol. The highest BCUT2D eigenvalue weighted by atomic mass is 15.1. The normalized spacial score (nSPS) is 11.8. The van der Waals surface area contributed by atoms with Gasteiger partial charge in [-0.25, -0.2) is 0 Å². The molecule has 3 heteroatoms. The van der Waals surface area contributed by atoms with Crippen LogP contribution in [0.25, 0.3) is 11.4 Å². The molecule has 0 aliphatic carbocycles. The first kappa shape index (κ1) is 12.8. The van der Waals surface area contributed by atoms with Gasteiger partial charge in [-0.05, 0) is 24.6 Å². The SMILES string of the molecule is CCCc1cccc(-c2cc(C(C)(C)C)[nH]n2)n1. The Kier molecular flexibility index (Phi) is 3.50. The van der Waals surface area contributed by atoms with Crippen molar-refractivity contribution in [1.82, 2.24) is 15.2 Å². The van der Waals surface area contributed by atoms with Gasteiger partial charge in [-0.15, -0.1) is 0 Å². The highest BCUT2D eigenvalue weighted by Crippen LogP contribution is 2.24. The van der Waals surface area contributed by atoms with Gasteiger partial charge in [0.25, 0.3) is 0 Å². The van der Waals surface area contributed by atoms with Gasteiger partial charge in [0.2, 0.25) is 0 Å². The summed E-state index contributed by atoms with van der Waals surface area (Å²) in [5, 5.41) is 7.47. The zero-order chi connectivity index (χ0) is 13.2. The predicted octanol–water partition coefficient (Wildman–Crippen LogP) is 3.72. The molecule has 0 fully saturated rings. The smallest absolute Gasteiger partial charge is 0.111 e. The molecule has 0 bridgehead atoms. The van der Waals surface area contributed by atoms with E-state index in [1.54, 1.807) is 0 Å². The molecule has 2 aromatic rings. The number of hydrogen-bond acceptors (Lipinski definition) is 2. The highest BCUT2D eigenvalue weighted by molar-refractivity contribution is 5.54. The first-order valence-corrected chi connectivity index (χ1v) is 6.53. The summed E-state index contributed by atoms with van der Waals surface area (Å²) in [6, 6.07) is 8.24. The minimum atomic E-state index is 0.0896. The molecule has 18 heavy (non-hydrogen) atoms. The van der Waals surface area contributed by atoms with Gasteiger partial charge in [0.1, 0.15) is 5.69 Å². The maximum absolute atomic E-state index is 4.65. The van der Waals surface area contributed by atoms with Gasteiger partial charge in [-0.3, -0.25) is 10.1 Å². The molecular formula is C15H21N3. The summed E-state index contributed by atoms with van der Waals surface area (Å²) >= 11 is 0. The summed E-state index contributed by atoms with van der Waals surface area (Å²) in [7, 11) is 0. The third kappa shape index (κ3) is 2.78. The van der Waals surface area contributed by atoms with Crippen molar-refractivity contribution < 1.29 is 0 Å². The van der Waals surface area contributed by atoms with Gasteiger partial charge in [-0.2, -0.15) is 5.10 Å². The second-order valence-electron chi connectivity index (χ2n) is 5.68. The quantitative estimate of drug-likeness (QED) is 0.892. The lowest BCUT2D eigenvalue weighted by Crippen LogP contribution is -2.11. The number of H-pyrrole nitrogens is 1. The molecule has 0 amide bonds. The van der Waals surface area contributed by atoms with Crippen molar-refractivity contribution >= 4 is 0 Å². The number of pyridine rings is 1.